The molecule has 88 valence electrons. The number of nitrogens with two attached hydrogens (primary N) is 1. The molecule has 3 nitrogen and oxygen atoms in total. The van der Waals surface area contributed by atoms with Gasteiger partial charge in [-0.3, -0.25) is 4.98 Å². The van der Waals surface area contributed by atoms with Crippen LogP contribution in [0.4, 0.5) is 0 Å². The summed E-state index contributed by atoms with van der Waals surface area (Å²) in [7, 11) is 0. The first-order chi connectivity index (χ1) is 8.33. The van der Waals surface area contributed by atoms with Gasteiger partial charge in [0.05, 0.1) is 16.7 Å². The van der Waals surface area contributed by atoms with Crippen LogP contribution in [0, 0.1) is 5.92 Å². The van der Waals surface area contributed by atoms with Crippen molar-refractivity contribution < 1.29 is 0 Å². The van der Waals surface area contributed by atoms with Crippen LogP contribution in [0.15, 0.2) is 30.5 Å². The summed E-state index contributed by atoms with van der Waals surface area (Å²) >= 11 is 0. The van der Waals surface area contributed by atoms with E-state index in [1.807, 2.05) is 30.5 Å². The van der Waals surface area contributed by atoms with Crippen molar-refractivity contribution >= 4 is 11.0 Å². The van der Waals surface area contributed by atoms with Crippen molar-refractivity contribution in [2.75, 3.05) is 0 Å². The van der Waals surface area contributed by atoms with E-state index in [-0.39, 0.29) is 0 Å². The molecule has 0 aliphatic heterocycles. The number of nitrogens with zero attached hydrogens (tertiary/aromatic N) is 2. The third kappa shape index (κ3) is 2.15. The summed E-state index contributed by atoms with van der Waals surface area (Å²) in [6.07, 6.45) is 6.51. The summed E-state index contributed by atoms with van der Waals surface area (Å²) < 4.78 is 0. The van der Waals surface area contributed by atoms with E-state index in [9.17, 15) is 0 Å². The molecule has 0 amide bonds. The second-order valence-corrected chi connectivity index (χ2v) is 4.91. The zero-order valence-electron chi connectivity index (χ0n) is 9.84. The fourth-order valence-electron chi connectivity index (χ4n) is 2.68. The minimum Gasteiger partial charge on any atom is -0.327 e. The molecular weight excluding hydrogens is 210 g/mol. The Labute approximate surface area is 101 Å². The molecule has 1 fully saturated rings. The lowest BCUT2D eigenvalue weighted by Crippen LogP contribution is -2.26. The largest absolute Gasteiger partial charge is 0.327 e. The lowest BCUT2D eigenvalue weighted by atomic mass is 9.98. The zero-order chi connectivity index (χ0) is 11.7. The second-order valence-electron chi connectivity index (χ2n) is 4.91. The number of hydrogen-bond acceptors (Lipinski definition) is 3. The normalized spacial score (nSPS) is 24.3. The predicted octanol–water partition coefficient (Wildman–Crippen LogP) is 2.30. The average molecular weight is 227 g/mol. The molecule has 0 unspecified atom stereocenters. The van der Waals surface area contributed by atoms with Crippen molar-refractivity contribution in [2.24, 2.45) is 11.7 Å². The minimum atomic E-state index is 0.350. The van der Waals surface area contributed by atoms with Crippen LogP contribution in [-0.2, 0) is 6.42 Å². The molecule has 0 bridgehead atoms. The molecule has 1 aromatic heterocycles. The summed E-state index contributed by atoms with van der Waals surface area (Å²) in [6, 6.07) is 8.35. The van der Waals surface area contributed by atoms with E-state index in [0.717, 1.165) is 29.6 Å². The Bertz CT molecular complexity index is 524. The summed E-state index contributed by atoms with van der Waals surface area (Å²) in [5.41, 5.74) is 9.11. The van der Waals surface area contributed by atoms with Crippen molar-refractivity contribution in [1.29, 1.82) is 0 Å². The molecule has 1 heterocycles. The zero-order valence-corrected chi connectivity index (χ0v) is 9.84. The third-order valence-corrected chi connectivity index (χ3v) is 3.69. The molecule has 2 N–H and O–H groups in total. The Kier molecular flexibility index (Phi) is 2.77. The summed E-state index contributed by atoms with van der Waals surface area (Å²) in [5, 5.41) is 0. The van der Waals surface area contributed by atoms with Gasteiger partial charge in [0, 0.05) is 12.2 Å². The van der Waals surface area contributed by atoms with Crippen LogP contribution >= 0.6 is 0 Å². The number of para-hydroxylation sites is 2. The van der Waals surface area contributed by atoms with E-state index >= 15 is 0 Å². The van der Waals surface area contributed by atoms with E-state index in [4.69, 9.17) is 5.73 Å². The molecule has 3 heteroatoms. The highest BCUT2D eigenvalue weighted by atomic mass is 14.8. The van der Waals surface area contributed by atoms with Crippen molar-refractivity contribution in [3.8, 4) is 0 Å². The number of hydrogen-bond donors (Lipinski definition) is 1. The molecular formula is C14H17N3. The first-order valence-corrected chi connectivity index (χ1v) is 6.29. The van der Waals surface area contributed by atoms with Gasteiger partial charge in [-0.1, -0.05) is 18.6 Å². The maximum absolute atomic E-state index is 6.09. The van der Waals surface area contributed by atoms with Crippen molar-refractivity contribution in [3.05, 3.63) is 36.2 Å². The fourth-order valence-corrected chi connectivity index (χ4v) is 2.68. The third-order valence-electron chi connectivity index (χ3n) is 3.69. The molecule has 0 saturated heterocycles. The van der Waals surface area contributed by atoms with Gasteiger partial charge in [0.25, 0.3) is 0 Å². The van der Waals surface area contributed by atoms with E-state index in [1.54, 1.807) is 0 Å². The lowest BCUT2D eigenvalue weighted by molar-refractivity contribution is 0.474. The highest BCUT2D eigenvalue weighted by molar-refractivity contribution is 5.73. The average Bonchev–Trinajstić information content (AvgIpc) is 2.75. The van der Waals surface area contributed by atoms with Crippen LogP contribution in [0.1, 0.15) is 25.0 Å². The van der Waals surface area contributed by atoms with Crippen molar-refractivity contribution in [3.63, 3.8) is 0 Å². The van der Waals surface area contributed by atoms with Gasteiger partial charge >= 0.3 is 0 Å². The lowest BCUT2D eigenvalue weighted by Gasteiger charge is -2.14. The van der Waals surface area contributed by atoms with Gasteiger partial charge in [-0.25, -0.2) is 4.98 Å². The van der Waals surface area contributed by atoms with Crippen LogP contribution in [0.3, 0.4) is 0 Å². The monoisotopic (exact) mass is 227 g/mol. The van der Waals surface area contributed by atoms with E-state index in [0.29, 0.717) is 12.0 Å². The van der Waals surface area contributed by atoms with Crippen LogP contribution in [-0.4, -0.2) is 16.0 Å². The van der Waals surface area contributed by atoms with Gasteiger partial charge in [-0.2, -0.15) is 0 Å². The predicted molar refractivity (Wildman–Crippen MR) is 68.6 cm³/mol. The van der Waals surface area contributed by atoms with Crippen LogP contribution < -0.4 is 5.73 Å². The van der Waals surface area contributed by atoms with Gasteiger partial charge in [0.15, 0.2) is 0 Å². The summed E-state index contributed by atoms with van der Waals surface area (Å²) in [6.45, 7) is 0. The summed E-state index contributed by atoms with van der Waals surface area (Å²) in [5.74, 6) is 0.588. The molecule has 1 aliphatic rings. The number of benzene rings is 1. The number of aromatic nitrogens is 2. The van der Waals surface area contributed by atoms with E-state index < -0.39 is 0 Å². The quantitative estimate of drug-likeness (QED) is 0.856. The van der Waals surface area contributed by atoms with Gasteiger partial charge in [-0.05, 0) is 37.3 Å². The first-order valence-electron chi connectivity index (χ1n) is 6.29. The molecule has 2 aromatic rings. The van der Waals surface area contributed by atoms with Crippen molar-refractivity contribution in [1.82, 2.24) is 9.97 Å². The number of fused-ring (bicyclic) bond motifs is 1. The molecule has 0 radical (unpaired) electrons. The smallest absolute Gasteiger partial charge is 0.0890 e. The van der Waals surface area contributed by atoms with Crippen LogP contribution in [0.2, 0.25) is 0 Å². The van der Waals surface area contributed by atoms with Gasteiger partial charge < -0.3 is 5.73 Å². The molecule has 2 atom stereocenters. The second kappa shape index (κ2) is 4.41. The minimum absolute atomic E-state index is 0.350. The molecule has 3 rings (SSSR count). The molecule has 1 aromatic carbocycles. The molecule has 17 heavy (non-hydrogen) atoms. The Morgan fingerprint density at radius 3 is 2.76 bits per heavy atom. The Hall–Kier alpha value is -1.48. The summed E-state index contributed by atoms with van der Waals surface area (Å²) in [4.78, 5) is 9.10. The Morgan fingerprint density at radius 1 is 1.18 bits per heavy atom. The Balaban J connectivity index is 1.85. The van der Waals surface area contributed by atoms with E-state index in [1.165, 1.54) is 12.8 Å². The first kappa shape index (κ1) is 10.7. The van der Waals surface area contributed by atoms with E-state index in [2.05, 4.69) is 9.97 Å². The highest BCUT2D eigenvalue weighted by Crippen LogP contribution is 2.26. The highest BCUT2D eigenvalue weighted by Gasteiger charge is 2.24. The Morgan fingerprint density at radius 2 is 2.00 bits per heavy atom. The molecule has 1 saturated carbocycles. The maximum Gasteiger partial charge on any atom is 0.0890 e. The van der Waals surface area contributed by atoms with Crippen molar-refractivity contribution in [2.45, 2.75) is 31.7 Å². The van der Waals surface area contributed by atoms with Gasteiger partial charge in [-0.15, -0.1) is 0 Å². The maximum atomic E-state index is 6.09. The van der Waals surface area contributed by atoms with Crippen LogP contribution in [0.25, 0.3) is 11.0 Å². The topological polar surface area (TPSA) is 51.8 Å². The fraction of sp³-hybridized carbons (Fsp3) is 0.429. The molecule has 0 spiro atoms. The van der Waals surface area contributed by atoms with Gasteiger partial charge in [0.1, 0.15) is 0 Å². The molecule has 1 aliphatic carbocycles. The SMILES string of the molecule is N[C@@H]1CCC[C@H]1Cc1cnc2ccccc2n1. The standard InChI is InChI=1S/C14H17N3/c15-12-5-3-4-10(12)8-11-9-16-13-6-1-2-7-14(13)17-11/h1-2,6-7,9-10,12H,3-5,8,15H2/t10-,12+/m0/s1. The van der Waals surface area contributed by atoms with Gasteiger partial charge in [0.2, 0.25) is 0 Å². The van der Waals surface area contributed by atoms with Crippen LogP contribution in [0.5, 0.6) is 0 Å². The number of rotatable bonds is 2.